The van der Waals surface area contributed by atoms with Gasteiger partial charge in [-0.05, 0) is 50.5 Å². The lowest BCUT2D eigenvalue weighted by molar-refractivity contribution is 0.101. The number of piperidine rings is 1. The van der Waals surface area contributed by atoms with Crippen molar-refractivity contribution in [1.29, 1.82) is 0 Å². The second-order valence-corrected chi connectivity index (χ2v) is 5.83. The fourth-order valence-corrected chi connectivity index (χ4v) is 2.70. The van der Waals surface area contributed by atoms with E-state index in [4.69, 9.17) is 0 Å². The molecule has 1 fully saturated rings. The van der Waals surface area contributed by atoms with Crippen LogP contribution in [-0.2, 0) is 0 Å². The van der Waals surface area contributed by atoms with Crippen LogP contribution in [-0.4, -0.2) is 42.7 Å². The lowest BCUT2D eigenvalue weighted by Crippen LogP contribution is -2.44. The minimum atomic E-state index is -0.234. The van der Waals surface area contributed by atoms with E-state index in [9.17, 15) is 9.90 Å². The minimum absolute atomic E-state index is 0.110. The third kappa shape index (κ3) is 4.55. The molecule has 1 aromatic carbocycles. The first-order valence-corrected chi connectivity index (χ1v) is 7.87. The molecule has 21 heavy (non-hydrogen) atoms. The molecule has 0 bridgehead atoms. The Balaban J connectivity index is 1.82. The van der Waals surface area contributed by atoms with E-state index in [1.165, 1.54) is 5.69 Å². The summed E-state index contributed by atoms with van der Waals surface area (Å²) in [5.41, 5.74) is 1.95. The highest BCUT2D eigenvalue weighted by molar-refractivity contribution is 5.94. The summed E-state index contributed by atoms with van der Waals surface area (Å²) in [6.07, 6.45) is 2.74. The molecular formula is C17H26N2O2. The molecule has 0 amide bonds. The summed E-state index contributed by atoms with van der Waals surface area (Å²) < 4.78 is 0. The maximum atomic E-state index is 11.3. The van der Waals surface area contributed by atoms with Crippen LogP contribution in [0.3, 0.4) is 0 Å². The zero-order valence-corrected chi connectivity index (χ0v) is 13.0. The van der Waals surface area contributed by atoms with Gasteiger partial charge in [-0.2, -0.15) is 0 Å². The van der Waals surface area contributed by atoms with Crippen molar-refractivity contribution in [3.8, 4) is 0 Å². The zero-order valence-electron chi connectivity index (χ0n) is 13.0. The van der Waals surface area contributed by atoms with Gasteiger partial charge in [0.2, 0.25) is 0 Å². The molecule has 1 aliphatic rings. The van der Waals surface area contributed by atoms with E-state index in [-0.39, 0.29) is 11.9 Å². The third-order valence-electron chi connectivity index (χ3n) is 4.25. The number of benzene rings is 1. The van der Waals surface area contributed by atoms with Crippen molar-refractivity contribution in [2.45, 2.75) is 45.3 Å². The summed E-state index contributed by atoms with van der Waals surface area (Å²) in [7, 11) is 0. The number of anilines is 1. The molecule has 116 valence electrons. The Hall–Kier alpha value is -1.39. The lowest BCUT2D eigenvalue weighted by Gasteiger charge is -2.34. The smallest absolute Gasteiger partial charge is 0.159 e. The van der Waals surface area contributed by atoms with Crippen molar-refractivity contribution in [3.63, 3.8) is 0 Å². The standard InChI is InChI=1S/C17H26N2O2/c1-3-17(21)12-18-15-8-10-19(11-9-15)16-6-4-14(5-7-16)13(2)20/h4-7,15,17-18,21H,3,8-12H2,1-2H3. The van der Waals surface area contributed by atoms with Crippen LogP contribution in [0.25, 0.3) is 0 Å². The summed E-state index contributed by atoms with van der Waals surface area (Å²) in [5, 5.41) is 13.0. The van der Waals surface area contributed by atoms with Crippen LogP contribution < -0.4 is 10.2 Å². The van der Waals surface area contributed by atoms with Gasteiger partial charge in [0.15, 0.2) is 5.78 Å². The van der Waals surface area contributed by atoms with E-state index >= 15 is 0 Å². The van der Waals surface area contributed by atoms with Crippen LogP contribution in [0, 0.1) is 0 Å². The summed E-state index contributed by atoms with van der Waals surface area (Å²) in [6.45, 7) is 6.31. The van der Waals surface area contributed by atoms with Crippen molar-refractivity contribution in [2.75, 3.05) is 24.5 Å². The maximum absolute atomic E-state index is 11.3. The summed E-state index contributed by atoms with van der Waals surface area (Å²) in [4.78, 5) is 13.6. The molecule has 2 N–H and O–H groups in total. The van der Waals surface area contributed by atoms with E-state index in [1.54, 1.807) is 6.92 Å². The topological polar surface area (TPSA) is 52.6 Å². The Kier molecular flexibility index (Phi) is 5.76. The number of carbonyl (C=O) groups excluding carboxylic acids is 1. The largest absolute Gasteiger partial charge is 0.392 e. The monoisotopic (exact) mass is 290 g/mol. The summed E-state index contributed by atoms with van der Waals surface area (Å²) in [5.74, 6) is 0.110. The molecule has 4 heteroatoms. The number of nitrogens with zero attached hydrogens (tertiary/aromatic N) is 1. The van der Waals surface area contributed by atoms with Crippen molar-refractivity contribution in [2.24, 2.45) is 0 Å². The Bertz CT molecular complexity index is 450. The quantitative estimate of drug-likeness (QED) is 0.789. The van der Waals surface area contributed by atoms with Crippen molar-refractivity contribution < 1.29 is 9.90 Å². The van der Waals surface area contributed by atoms with Gasteiger partial charge in [0.05, 0.1) is 6.10 Å². The average molecular weight is 290 g/mol. The number of hydrogen-bond donors (Lipinski definition) is 2. The Morgan fingerprint density at radius 2 is 1.95 bits per heavy atom. The van der Waals surface area contributed by atoms with Gasteiger partial charge in [0.1, 0.15) is 0 Å². The predicted molar refractivity (Wildman–Crippen MR) is 86.0 cm³/mol. The number of ketones is 1. The molecule has 1 atom stereocenters. The van der Waals surface area contributed by atoms with E-state index in [0.717, 1.165) is 37.9 Å². The minimum Gasteiger partial charge on any atom is -0.392 e. The fraction of sp³-hybridized carbons (Fsp3) is 0.588. The van der Waals surface area contributed by atoms with Crippen molar-refractivity contribution in [1.82, 2.24) is 5.32 Å². The Morgan fingerprint density at radius 1 is 1.33 bits per heavy atom. The van der Waals surface area contributed by atoms with Gasteiger partial charge in [-0.1, -0.05) is 6.92 Å². The van der Waals surface area contributed by atoms with Crippen LogP contribution >= 0.6 is 0 Å². The van der Waals surface area contributed by atoms with Gasteiger partial charge < -0.3 is 15.3 Å². The number of aliphatic hydroxyl groups is 1. The molecule has 2 rings (SSSR count). The number of Topliss-reactive ketones (excluding diaryl/α,β-unsaturated/α-hetero) is 1. The third-order valence-corrected chi connectivity index (χ3v) is 4.25. The van der Waals surface area contributed by atoms with Gasteiger partial charge in [-0.15, -0.1) is 0 Å². The van der Waals surface area contributed by atoms with E-state index in [0.29, 0.717) is 12.6 Å². The highest BCUT2D eigenvalue weighted by Gasteiger charge is 2.19. The van der Waals surface area contributed by atoms with Crippen molar-refractivity contribution >= 4 is 11.5 Å². The molecule has 0 radical (unpaired) electrons. The normalized spacial score (nSPS) is 17.8. The molecule has 0 saturated carbocycles. The van der Waals surface area contributed by atoms with Crippen molar-refractivity contribution in [3.05, 3.63) is 29.8 Å². The summed E-state index contributed by atoms with van der Waals surface area (Å²) >= 11 is 0. The molecule has 1 heterocycles. The molecule has 1 aliphatic heterocycles. The molecule has 1 saturated heterocycles. The number of hydrogen-bond acceptors (Lipinski definition) is 4. The van der Waals surface area contributed by atoms with Gasteiger partial charge in [0.25, 0.3) is 0 Å². The zero-order chi connectivity index (χ0) is 15.2. The van der Waals surface area contributed by atoms with Crippen LogP contribution in [0.2, 0.25) is 0 Å². The van der Waals surface area contributed by atoms with Crippen LogP contribution in [0.15, 0.2) is 24.3 Å². The lowest BCUT2D eigenvalue weighted by atomic mass is 10.0. The molecule has 4 nitrogen and oxygen atoms in total. The maximum Gasteiger partial charge on any atom is 0.159 e. The fourth-order valence-electron chi connectivity index (χ4n) is 2.70. The molecule has 1 unspecified atom stereocenters. The van der Waals surface area contributed by atoms with Crippen LogP contribution in [0.1, 0.15) is 43.5 Å². The Labute approximate surface area is 127 Å². The Morgan fingerprint density at radius 3 is 2.48 bits per heavy atom. The molecule has 1 aromatic rings. The SMILES string of the molecule is CCC(O)CNC1CCN(c2ccc(C(C)=O)cc2)CC1. The number of aliphatic hydroxyl groups excluding tert-OH is 1. The highest BCUT2D eigenvalue weighted by atomic mass is 16.3. The van der Waals surface area contributed by atoms with Gasteiger partial charge >= 0.3 is 0 Å². The molecule has 0 spiro atoms. The summed E-state index contributed by atoms with van der Waals surface area (Å²) in [6, 6.07) is 8.37. The highest BCUT2D eigenvalue weighted by Crippen LogP contribution is 2.20. The molecular weight excluding hydrogens is 264 g/mol. The van der Waals surface area contributed by atoms with E-state index in [2.05, 4.69) is 10.2 Å². The predicted octanol–water partition coefficient (Wildman–Crippen LogP) is 2.22. The number of carbonyl (C=O) groups is 1. The van der Waals surface area contributed by atoms with E-state index in [1.807, 2.05) is 31.2 Å². The average Bonchev–Trinajstić information content (AvgIpc) is 2.53. The number of nitrogens with one attached hydrogen (secondary N) is 1. The van der Waals surface area contributed by atoms with Gasteiger partial charge in [0, 0.05) is 36.9 Å². The second-order valence-electron chi connectivity index (χ2n) is 5.83. The first-order chi connectivity index (χ1) is 10.1. The van der Waals surface area contributed by atoms with Crippen LogP contribution in [0.4, 0.5) is 5.69 Å². The first kappa shape index (κ1) is 16.0. The second kappa shape index (κ2) is 7.57. The van der Waals surface area contributed by atoms with E-state index < -0.39 is 0 Å². The molecule has 0 aliphatic carbocycles. The van der Waals surface area contributed by atoms with Gasteiger partial charge in [-0.25, -0.2) is 0 Å². The van der Waals surface area contributed by atoms with Crippen LogP contribution in [0.5, 0.6) is 0 Å². The van der Waals surface area contributed by atoms with Gasteiger partial charge in [-0.3, -0.25) is 4.79 Å². The first-order valence-electron chi connectivity index (χ1n) is 7.87. The number of rotatable bonds is 6. The molecule has 0 aromatic heterocycles.